The van der Waals surface area contributed by atoms with Crippen LogP contribution in [-0.4, -0.2) is 33.0 Å². The Hall–Kier alpha value is -2.96. The normalized spacial score (nSPS) is 10.5. The van der Waals surface area contributed by atoms with Crippen LogP contribution in [0, 0.1) is 0 Å². The topological polar surface area (TPSA) is 96.7 Å². The lowest BCUT2D eigenvalue weighted by Gasteiger charge is -2.03. The summed E-state index contributed by atoms with van der Waals surface area (Å²) in [6.45, 7) is 0.463. The van der Waals surface area contributed by atoms with Crippen molar-refractivity contribution < 1.29 is 9.32 Å². The third-order valence-electron chi connectivity index (χ3n) is 2.99. The summed E-state index contributed by atoms with van der Waals surface area (Å²) in [6, 6.07) is 9.43. The van der Waals surface area contributed by atoms with E-state index in [2.05, 4.69) is 25.9 Å². The van der Waals surface area contributed by atoms with Gasteiger partial charge in [0, 0.05) is 18.5 Å². The number of benzene rings is 1. The molecule has 2 aromatic heterocycles. The summed E-state index contributed by atoms with van der Waals surface area (Å²) in [5, 5.41) is 16.9. The van der Waals surface area contributed by atoms with Gasteiger partial charge in [-0.1, -0.05) is 35.5 Å². The SMILES string of the molecule is O=C(NCCc1cn[nH]n1)c1conc1-c1ccccc1. The van der Waals surface area contributed by atoms with E-state index in [4.69, 9.17) is 4.52 Å². The zero-order chi connectivity index (χ0) is 14.5. The average molecular weight is 283 g/mol. The van der Waals surface area contributed by atoms with E-state index in [-0.39, 0.29) is 5.91 Å². The summed E-state index contributed by atoms with van der Waals surface area (Å²) >= 11 is 0. The van der Waals surface area contributed by atoms with Gasteiger partial charge in [0.2, 0.25) is 0 Å². The van der Waals surface area contributed by atoms with Crippen LogP contribution in [0.5, 0.6) is 0 Å². The number of hydrogen-bond donors (Lipinski definition) is 2. The van der Waals surface area contributed by atoms with E-state index >= 15 is 0 Å². The highest BCUT2D eigenvalue weighted by molar-refractivity contribution is 5.99. The molecule has 0 bridgehead atoms. The first-order chi connectivity index (χ1) is 10.3. The molecule has 0 fully saturated rings. The number of aromatic amines is 1. The first-order valence-corrected chi connectivity index (χ1v) is 6.47. The molecule has 21 heavy (non-hydrogen) atoms. The van der Waals surface area contributed by atoms with Crippen molar-refractivity contribution >= 4 is 5.91 Å². The van der Waals surface area contributed by atoms with Crippen LogP contribution in [0.1, 0.15) is 16.1 Å². The van der Waals surface area contributed by atoms with E-state index in [0.717, 1.165) is 11.3 Å². The predicted molar refractivity (Wildman–Crippen MR) is 74.4 cm³/mol. The fraction of sp³-hybridized carbons (Fsp3) is 0.143. The Labute approximate surface area is 120 Å². The van der Waals surface area contributed by atoms with Crippen LogP contribution in [0.15, 0.2) is 47.3 Å². The van der Waals surface area contributed by atoms with Gasteiger partial charge in [0.25, 0.3) is 5.91 Å². The van der Waals surface area contributed by atoms with E-state index < -0.39 is 0 Å². The fourth-order valence-corrected chi connectivity index (χ4v) is 1.95. The predicted octanol–water partition coefficient (Wildman–Crippen LogP) is 1.43. The molecule has 0 aliphatic heterocycles. The molecule has 3 aromatic rings. The molecule has 106 valence electrons. The van der Waals surface area contributed by atoms with Crippen molar-refractivity contribution in [2.75, 3.05) is 6.54 Å². The molecule has 0 radical (unpaired) electrons. The van der Waals surface area contributed by atoms with Crippen molar-refractivity contribution in [3.63, 3.8) is 0 Å². The summed E-state index contributed by atoms with van der Waals surface area (Å²) in [7, 11) is 0. The zero-order valence-corrected chi connectivity index (χ0v) is 11.1. The molecule has 0 saturated heterocycles. The second kappa shape index (κ2) is 6.00. The van der Waals surface area contributed by atoms with Crippen molar-refractivity contribution in [3.8, 4) is 11.3 Å². The Bertz CT molecular complexity index is 706. The number of carbonyl (C=O) groups excluding carboxylic acids is 1. The van der Waals surface area contributed by atoms with Crippen molar-refractivity contribution in [3.05, 3.63) is 54.0 Å². The highest BCUT2D eigenvalue weighted by Gasteiger charge is 2.16. The summed E-state index contributed by atoms with van der Waals surface area (Å²) in [4.78, 5) is 12.2. The molecule has 2 heterocycles. The number of nitrogens with zero attached hydrogens (tertiary/aromatic N) is 3. The molecule has 0 aliphatic rings. The standard InChI is InChI=1S/C14H13N5O2/c20-14(15-7-6-11-8-16-19-17-11)12-9-21-18-13(12)10-4-2-1-3-5-10/h1-5,8-9H,6-7H2,(H,15,20)(H,16,17,19). The molecule has 0 atom stereocenters. The van der Waals surface area contributed by atoms with E-state index in [1.54, 1.807) is 6.20 Å². The molecule has 0 unspecified atom stereocenters. The highest BCUT2D eigenvalue weighted by Crippen LogP contribution is 2.21. The van der Waals surface area contributed by atoms with Gasteiger partial charge in [-0.15, -0.1) is 0 Å². The lowest BCUT2D eigenvalue weighted by Crippen LogP contribution is -2.25. The molecule has 7 nitrogen and oxygen atoms in total. The van der Waals surface area contributed by atoms with Gasteiger partial charge in [-0.3, -0.25) is 4.79 Å². The molecular formula is C14H13N5O2. The number of aromatic nitrogens is 4. The molecule has 1 amide bonds. The monoisotopic (exact) mass is 283 g/mol. The third-order valence-corrected chi connectivity index (χ3v) is 2.99. The van der Waals surface area contributed by atoms with Crippen molar-refractivity contribution in [2.45, 2.75) is 6.42 Å². The zero-order valence-electron chi connectivity index (χ0n) is 11.1. The minimum Gasteiger partial charge on any atom is -0.363 e. The van der Waals surface area contributed by atoms with Crippen molar-refractivity contribution in [1.82, 2.24) is 25.9 Å². The van der Waals surface area contributed by atoms with E-state index in [1.165, 1.54) is 6.26 Å². The smallest absolute Gasteiger partial charge is 0.256 e. The minimum absolute atomic E-state index is 0.224. The first kappa shape index (κ1) is 13.0. The van der Waals surface area contributed by atoms with E-state index in [0.29, 0.717) is 24.2 Å². The van der Waals surface area contributed by atoms with Gasteiger partial charge in [0.15, 0.2) is 0 Å². The van der Waals surface area contributed by atoms with Crippen LogP contribution in [0.3, 0.4) is 0 Å². The van der Waals surface area contributed by atoms with Gasteiger partial charge in [-0.2, -0.15) is 15.4 Å². The van der Waals surface area contributed by atoms with Crippen LogP contribution >= 0.6 is 0 Å². The third kappa shape index (κ3) is 2.97. The maximum absolute atomic E-state index is 12.2. The number of amides is 1. The van der Waals surface area contributed by atoms with Crippen LogP contribution in [0.2, 0.25) is 0 Å². The molecule has 0 aliphatic carbocycles. The summed E-state index contributed by atoms with van der Waals surface area (Å²) in [5.74, 6) is -0.224. The van der Waals surface area contributed by atoms with Crippen LogP contribution in [0.4, 0.5) is 0 Å². The number of hydrogen-bond acceptors (Lipinski definition) is 5. The van der Waals surface area contributed by atoms with Crippen molar-refractivity contribution in [1.29, 1.82) is 0 Å². The van der Waals surface area contributed by atoms with Gasteiger partial charge < -0.3 is 9.84 Å². The lowest BCUT2D eigenvalue weighted by molar-refractivity contribution is 0.0954. The molecule has 0 spiro atoms. The van der Waals surface area contributed by atoms with Gasteiger partial charge >= 0.3 is 0 Å². The second-order valence-electron chi connectivity index (χ2n) is 4.41. The number of carbonyl (C=O) groups is 1. The summed E-state index contributed by atoms with van der Waals surface area (Å²) < 4.78 is 4.94. The number of rotatable bonds is 5. The number of nitrogens with one attached hydrogen (secondary N) is 2. The molecule has 3 rings (SSSR count). The van der Waals surface area contributed by atoms with Crippen LogP contribution in [0.25, 0.3) is 11.3 Å². The van der Waals surface area contributed by atoms with Crippen molar-refractivity contribution in [2.24, 2.45) is 0 Å². The fourth-order valence-electron chi connectivity index (χ4n) is 1.95. The molecule has 0 saturated carbocycles. The van der Waals surface area contributed by atoms with Gasteiger partial charge in [0.05, 0.1) is 11.9 Å². The Kier molecular flexibility index (Phi) is 3.72. The molecule has 2 N–H and O–H groups in total. The highest BCUT2D eigenvalue weighted by atomic mass is 16.5. The van der Waals surface area contributed by atoms with Gasteiger partial charge in [-0.05, 0) is 0 Å². The molecular weight excluding hydrogens is 270 g/mol. The van der Waals surface area contributed by atoms with Crippen LogP contribution < -0.4 is 5.32 Å². The Balaban J connectivity index is 1.67. The quantitative estimate of drug-likeness (QED) is 0.738. The number of H-pyrrole nitrogens is 1. The first-order valence-electron chi connectivity index (χ1n) is 6.47. The minimum atomic E-state index is -0.224. The van der Waals surface area contributed by atoms with E-state index in [1.807, 2.05) is 30.3 Å². The Morgan fingerprint density at radius 1 is 1.29 bits per heavy atom. The summed E-state index contributed by atoms with van der Waals surface area (Å²) in [6.07, 6.45) is 3.59. The second-order valence-corrected chi connectivity index (χ2v) is 4.41. The van der Waals surface area contributed by atoms with Gasteiger partial charge in [0.1, 0.15) is 17.5 Å². The maximum Gasteiger partial charge on any atom is 0.256 e. The Morgan fingerprint density at radius 3 is 2.90 bits per heavy atom. The Morgan fingerprint density at radius 2 is 2.14 bits per heavy atom. The summed E-state index contributed by atoms with van der Waals surface area (Å²) in [5.41, 5.74) is 2.59. The molecule has 1 aromatic carbocycles. The maximum atomic E-state index is 12.2. The molecule has 7 heteroatoms. The van der Waals surface area contributed by atoms with Gasteiger partial charge in [-0.25, -0.2) is 0 Å². The van der Waals surface area contributed by atoms with Crippen LogP contribution in [-0.2, 0) is 6.42 Å². The lowest BCUT2D eigenvalue weighted by atomic mass is 10.1. The largest absolute Gasteiger partial charge is 0.363 e. The van der Waals surface area contributed by atoms with E-state index in [9.17, 15) is 4.79 Å². The average Bonchev–Trinajstić information content (AvgIpc) is 3.19.